The number of nitrogens with one attached hydrogen (secondary N) is 1. The average Bonchev–Trinajstić information content (AvgIpc) is 2.92. The fraction of sp³-hybridized carbons (Fsp3) is 0.588. The van der Waals surface area contributed by atoms with Gasteiger partial charge in [-0.15, -0.1) is 0 Å². The fourth-order valence-corrected chi connectivity index (χ4v) is 3.50. The zero-order valence-electron chi connectivity index (χ0n) is 16.9. The standard InChI is InChI=1S/C17H30N6O3Si/c1-7-25-15(24)12-10-11-13(22-19)20-16(18)21-14(11)23(12)8-9-26-27(5,6)17(2,3)4/h10H,7-9,19H2,1-6H3,(H3,18,20,21,22). The molecule has 150 valence electrons. The molecule has 0 aliphatic rings. The molecule has 0 bridgehead atoms. The number of esters is 1. The van der Waals surface area contributed by atoms with E-state index >= 15 is 0 Å². The molecule has 0 aliphatic carbocycles. The first-order chi connectivity index (χ1) is 12.5. The normalized spacial score (nSPS) is 12.4. The van der Waals surface area contributed by atoms with Gasteiger partial charge in [0.1, 0.15) is 11.3 Å². The Morgan fingerprint density at radius 1 is 1.33 bits per heavy atom. The van der Waals surface area contributed by atoms with Crippen molar-refractivity contribution in [3.05, 3.63) is 11.8 Å². The van der Waals surface area contributed by atoms with Gasteiger partial charge < -0.3 is 24.9 Å². The molecule has 0 amide bonds. The summed E-state index contributed by atoms with van der Waals surface area (Å²) in [6.07, 6.45) is 0. The molecule has 2 aromatic heterocycles. The molecular weight excluding hydrogens is 364 g/mol. The van der Waals surface area contributed by atoms with Gasteiger partial charge in [-0.25, -0.2) is 10.6 Å². The van der Waals surface area contributed by atoms with Gasteiger partial charge in [0.25, 0.3) is 0 Å². The molecule has 2 rings (SSSR count). The third kappa shape index (κ3) is 4.39. The second-order valence-corrected chi connectivity index (χ2v) is 12.6. The highest BCUT2D eigenvalue weighted by molar-refractivity contribution is 6.74. The number of nitrogens with two attached hydrogens (primary N) is 2. The molecule has 0 atom stereocenters. The van der Waals surface area contributed by atoms with Crippen molar-refractivity contribution in [1.29, 1.82) is 0 Å². The molecule has 9 nitrogen and oxygen atoms in total. The smallest absolute Gasteiger partial charge is 0.355 e. The summed E-state index contributed by atoms with van der Waals surface area (Å²) in [6, 6.07) is 1.66. The van der Waals surface area contributed by atoms with Crippen LogP contribution in [0.2, 0.25) is 18.1 Å². The maximum Gasteiger partial charge on any atom is 0.355 e. The zero-order chi connectivity index (χ0) is 20.4. The maximum atomic E-state index is 12.4. The van der Waals surface area contributed by atoms with Crippen molar-refractivity contribution in [2.75, 3.05) is 24.4 Å². The minimum absolute atomic E-state index is 0.0653. The number of ether oxygens (including phenoxy) is 1. The predicted octanol–water partition coefficient (Wildman–Crippen LogP) is 2.50. The van der Waals surface area contributed by atoms with Crippen molar-refractivity contribution in [3.8, 4) is 0 Å². The number of carbonyl (C=O) groups is 1. The fourth-order valence-electron chi connectivity index (χ4n) is 2.46. The van der Waals surface area contributed by atoms with Crippen LogP contribution in [0.15, 0.2) is 6.07 Å². The van der Waals surface area contributed by atoms with Crippen LogP contribution >= 0.6 is 0 Å². The number of nitrogens with zero attached hydrogens (tertiary/aromatic N) is 3. The SMILES string of the molecule is CCOC(=O)c1cc2c(NN)nc(N)nc2n1CCO[Si](C)(C)C(C)(C)C. The Balaban J connectivity index is 2.42. The summed E-state index contributed by atoms with van der Waals surface area (Å²) in [4.78, 5) is 20.8. The molecule has 0 radical (unpaired) electrons. The highest BCUT2D eigenvalue weighted by Gasteiger charge is 2.37. The minimum Gasteiger partial charge on any atom is -0.461 e. The van der Waals surface area contributed by atoms with E-state index in [2.05, 4.69) is 49.3 Å². The monoisotopic (exact) mass is 394 g/mol. The van der Waals surface area contributed by atoms with Gasteiger partial charge in [0.05, 0.1) is 18.6 Å². The van der Waals surface area contributed by atoms with Gasteiger partial charge in [0.15, 0.2) is 14.1 Å². The summed E-state index contributed by atoms with van der Waals surface area (Å²) in [6.45, 7) is 13.8. The van der Waals surface area contributed by atoms with Crippen LogP contribution < -0.4 is 17.0 Å². The molecule has 0 aliphatic heterocycles. The highest BCUT2D eigenvalue weighted by Crippen LogP contribution is 2.36. The van der Waals surface area contributed by atoms with E-state index < -0.39 is 14.3 Å². The lowest BCUT2D eigenvalue weighted by atomic mass is 10.2. The van der Waals surface area contributed by atoms with E-state index in [0.717, 1.165) is 0 Å². The van der Waals surface area contributed by atoms with Crippen LogP contribution in [0.1, 0.15) is 38.2 Å². The molecule has 10 heteroatoms. The van der Waals surface area contributed by atoms with Gasteiger partial charge in [-0.2, -0.15) is 9.97 Å². The van der Waals surface area contributed by atoms with Gasteiger partial charge in [-0.05, 0) is 31.1 Å². The van der Waals surface area contributed by atoms with E-state index in [9.17, 15) is 4.79 Å². The summed E-state index contributed by atoms with van der Waals surface area (Å²) in [5.74, 6) is 5.52. The molecule has 0 fully saturated rings. The average molecular weight is 395 g/mol. The molecule has 2 aromatic rings. The van der Waals surface area contributed by atoms with Crippen molar-refractivity contribution < 1.29 is 14.0 Å². The molecule has 0 aromatic carbocycles. The summed E-state index contributed by atoms with van der Waals surface area (Å²) < 4.78 is 13.2. The lowest BCUT2D eigenvalue weighted by molar-refractivity contribution is 0.0513. The number of fused-ring (bicyclic) bond motifs is 1. The number of anilines is 2. The highest BCUT2D eigenvalue weighted by atomic mass is 28.4. The lowest BCUT2D eigenvalue weighted by Crippen LogP contribution is -2.41. The van der Waals surface area contributed by atoms with E-state index in [1.807, 2.05) is 0 Å². The van der Waals surface area contributed by atoms with E-state index in [1.165, 1.54) is 0 Å². The number of carbonyl (C=O) groups excluding carboxylic acids is 1. The lowest BCUT2D eigenvalue weighted by Gasteiger charge is -2.36. The summed E-state index contributed by atoms with van der Waals surface area (Å²) in [5, 5.41) is 0.695. The quantitative estimate of drug-likeness (QED) is 0.282. The molecule has 5 N–H and O–H groups in total. The molecule has 0 spiro atoms. The van der Waals surface area contributed by atoms with Crippen molar-refractivity contribution >= 4 is 37.1 Å². The molecule has 0 unspecified atom stereocenters. The van der Waals surface area contributed by atoms with Crippen molar-refractivity contribution in [2.24, 2.45) is 5.84 Å². The Bertz CT molecular complexity index is 828. The molecule has 0 saturated heterocycles. The second-order valence-electron chi connectivity index (χ2n) is 7.82. The topological polar surface area (TPSA) is 130 Å². The van der Waals surface area contributed by atoms with E-state index in [4.69, 9.17) is 20.7 Å². The van der Waals surface area contributed by atoms with Crippen LogP contribution in [0.25, 0.3) is 11.0 Å². The van der Waals surface area contributed by atoms with E-state index in [1.54, 1.807) is 17.6 Å². The predicted molar refractivity (Wildman–Crippen MR) is 109 cm³/mol. The minimum atomic E-state index is -1.91. The number of hydrazine groups is 1. The van der Waals surface area contributed by atoms with Gasteiger partial charge in [-0.1, -0.05) is 20.8 Å². The van der Waals surface area contributed by atoms with E-state index in [0.29, 0.717) is 35.7 Å². The third-order valence-electron chi connectivity index (χ3n) is 4.98. The number of hydrogen-bond donors (Lipinski definition) is 3. The summed E-state index contributed by atoms with van der Waals surface area (Å²) >= 11 is 0. The Labute approximate surface area is 160 Å². The Morgan fingerprint density at radius 2 is 2.00 bits per heavy atom. The summed E-state index contributed by atoms with van der Waals surface area (Å²) in [7, 11) is -1.91. The number of aromatic nitrogens is 3. The first-order valence-corrected chi connectivity index (χ1v) is 11.9. The number of hydrogen-bond acceptors (Lipinski definition) is 8. The number of nitrogen functional groups attached to an aromatic ring is 2. The molecule has 2 heterocycles. The Kier molecular flexibility index (Phi) is 6.13. The van der Waals surface area contributed by atoms with Crippen molar-refractivity contribution in [1.82, 2.24) is 14.5 Å². The molecule has 0 saturated carbocycles. The zero-order valence-corrected chi connectivity index (χ0v) is 17.9. The van der Waals surface area contributed by atoms with Crippen LogP contribution in [0.4, 0.5) is 11.8 Å². The second kappa shape index (κ2) is 7.83. The van der Waals surface area contributed by atoms with Gasteiger partial charge >= 0.3 is 5.97 Å². The number of rotatable bonds is 7. The van der Waals surface area contributed by atoms with Gasteiger partial charge in [-0.3, -0.25) is 0 Å². The van der Waals surface area contributed by atoms with Crippen LogP contribution in [0.5, 0.6) is 0 Å². The van der Waals surface area contributed by atoms with Crippen molar-refractivity contribution in [3.63, 3.8) is 0 Å². The van der Waals surface area contributed by atoms with Gasteiger partial charge in [0, 0.05) is 6.54 Å². The van der Waals surface area contributed by atoms with Crippen LogP contribution in [-0.4, -0.2) is 42.0 Å². The Morgan fingerprint density at radius 3 is 2.56 bits per heavy atom. The van der Waals surface area contributed by atoms with Crippen LogP contribution in [0.3, 0.4) is 0 Å². The third-order valence-corrected chi connectivity index (χ3v) is 9.51. The van der Waals surface area contributed by atoms with Crippen LogP contribution in [0, 0.1) is 0 Å². The summed E-state index contributed by atoms with van der Waals surface area (Å²) in [5.41, 5.74) is 9.17. The maximum absolute atomic E-state index is 12.4. The molecule has 27 heavy (non-hydrogen) atoms. The van der Waals surface area contributed by atoms with E-state index in [-0.39, 0.29) is 17.6 Å². The Hall–Kier alpha value is -2.17. The van der Waals surface area contributed by atoms with Gasteiger partial charge in [0.2, 0.25) is 5.95 Å². The van der Waals surface area contributed by atoms with Crippen molar-refractivity contribution in [2.45, 2.75) is 52.4 Å². The largest absolute Gasteiger partial charge is 0.461 e. The van der Waals surface area contributed by atoms with Crippen LogP contribution in [-0.2, 0) is 15.7 Å². The first-order valence-electron chi connectivity index (χ1n) is 8.96. The first kappa shape index (κ1) is 21.1. The molecular formula is C17H30N6O3Si.